The Morgan fingerprint density at radius 3 is 2.32 bits per heavy atom. The van der Waals surface area contributed by atoms with Crippen molar-refractivity contribution in [3.63, 3.8) is 0 Å². The van der Waals surface area contributed by atoms with E-state index in [4.69, 9.17) is 0 Å². The van der Waals surface area contributed by atoms with Crippen LogP contribution in [0, 0.1) is 11.8 Å². The number of nitrogens with zero attached hydrogens (tertiary/aromatic N) is 1. The molecular formula is C18H24N2O2. The fraction of sp³-hybridized carbons (Fsp3) is 0.444. The predicted octanol–water partition coefficient (Wildman–Crippen LogP) is 3.15. The van der Waals surface area contributed by atoms with Crippen LogP contribution in [0.5, 0.6) is 0 Å². The Hall–Kier alpha value is -2.28. The van der Waals surface area contributed by atoms with E-state index in [1.807, 2.05) is 33.8 Å². The topological polar surface area (TPSA) is 49.4 Å². The second-order valence-corrected chi connectivity index (χ2v) is 5.92. The van der Waals surface area contributed by atoms with Crippen LogP contribution in [0.25, 0.3) is 0 Å². The third-order valence-electron chi connectivity index (χ3n) is 2.91. The fourth-order valence-electron chi connectivity index (χ4n) is 1.80. The molecule has 1 aromatic carbocycles. The molecule has 2 amide bonds. The SMILES string of the molecule is CCC#CCCC(=O)NN(C(=O)c1ccccc1)C(C)(C)C. The van der Waals surface area contributed by atoms with Gasteiger partial charge in [-0.15, -0.1) is 11.8 Å². The van der Waals surface area contributed by atoms with E-state index in [9.17, 15) is 9.59 Å². The lowest BCUT2D eigenvalue weighted by molar-refractivity contribution is -0.126. The van der Waals surface area contributed by atoms with Gasteiger partial charge in [-0.05, 0) is 32.9 Å². The number of carbonyl (C=O) groups is 2. The summed E-state index contributed by atoms with van der Waals surface area (Å²) in [7, 11) is 0. The molecule has 0 radical (unpaired) electrons. The van der Waals surface area contributed by atoms with E-state index < -0.39 is 5.54 Å². The molecule has 0 atom stereocenters. The normalized spacial score (nSPS) is 10.4. The lowest BCUT2D eigenvalue weighted by atomic mass is 10.1. The molecule has 4 heteroatoms. The zero-order chi connectivity index (χ0) is 16.6. The van der Waals surface area contributed by atoms with Crippen LogP contribution < -0.4 is 5.43 Å². The molecular weight excluding hydrogens is 276 g/mol. The highest BCUT2D eigenvalue weighted by atomic mass is 16.2. The summed E-state index contributed by atoms with van der Waals surface area (Å²) in [4.78, 5) is 24.6. The van der Waals surface area contributed by atoms with Crippen molar-refractivity contribution in [2.24, 2.45) is 0 Å². The molecule has 1 aromatic rings. The van der Waals surface area contributed by atoms with Gasteiger partial charge in [-0.1, -0.05) is 25.1 Å². The maximum Gasteiger partial charge on any atom is 0.272 e. The van der Waals surface area contributed by atoms with E-state index in [-0.39, 0.29) is 18.2 Å². The van der Waals surface area contributed by atoms with E-state index in [1.54, 1.807) is 24.3 Å². The number of hydrogen-bond acceptors (Lipinski definition) is 2. The fourth-order valence-corrected chi connectivity index (χ4v) is 1.80. The summed E-state index contributed by atoms with van der Waals surface area (Å²) in [5.41, 5.74) is 2.74. The van der Waals surface area contributed by atoms with Gasteiger partial charge >= 0.3 is 0 Å². The van der Waals surface area contributed by atoms with Gasteiger partial charge in [0.25, 0.3) is 5.91 Å². The average molecular weight is 300 g/mol. The molecule has 1 rings (SSSR count). The second kappa shape index (κ2) is 8.23. The molecule has 22 heavy (non-hydrogen) atoms. The quantitative estimate of drug-likeness (QED) is 0.688. The van der Waals surface area contributed by atoms with Crippen LogP contribution in [0.4, 0.5) is 0 Å². The van der Waals surface area contributed by atoms with Gasteiger partial charge in [-0.2, -0.15) is 0 Å². The van der Waals surface area contributed by atoms with Gasteiger partial charge < -0.3 is 0 Å². The number of hydrazine groups is 1. The largest absolute Gasteiger partial charge is 0.273 e. The van der Waals surface area contributed by atoms with E-state index in [0.717, 1.165) is 6.42 Å². The standard InChI is InChI=1S/C18H24N2O2/c1-5-6-7-11-14-16(21)19-20(18(2,3)4)17(22)15-12-9-8-10-13-15/h8-10,12-13H,5,11,14H2,1-4H3,(H,19,21). The van der Waals surface area contributed by atoms with Crippen molar-refractivity contribution < 1.29 is 9.59 Å². The third-order valence-corrected chi connectivity index (χ3v) is 2.91. The average Bonchev–Trinajstić information content (AvgIpc) is 2.48. The predicted molar refractivity (Wildman–Crippen MR) is 87.8 cm³/mol. The maximum atomic E-state index is 12.6. The van der Waals surface area contributed by atoms with Crippen LogP contribution in [0.3, 0.4) is 0 Å². The smallest absolute Gasteiger partial charge is 0.272 e. The van der Waals surface area contributed by atoms with Crippen molar-refractivity contribution in [3.05, 3.63) is 35.9 Å². The Bertz CT molecular complexity index is 562. The van der Waals surface area contributed by atoms with Crippen molar-refractivity contribution in [2.75, 3.05) is 0 Å². The molecule has 4 nitrogen and oxygen atoms in total. The first-order chi connectivity index (χ1) is 10.4. The minimum absolute atomic E-state index is 0.204. The number of hydrogen-bond donors (Lipinski definition) is 1. The van der Waals surface area contributed by atoms with Gasteiger partial charge in [0.15, 0.2) is 0 Å². The van der Waals surface area contributed by atoms with Crippen molar-refractivity contribution in [3.8, 4) is 11.8 Å². The zero-order valence-electron chi connectivity index (χ0n) is 13.8. The van der Waals surface area contributed by atoms with Crippen LogP contribution in [0.1, 0.15) is 57.3 Å². The Balaban J connectivity index is 2.78. The van der Waals surface area contributed by atoms with Gasteiger partial charge in [0.2, 0.25) is 5.91 Å². The highest BCUT2D eigenvalue weighted by Gasteiger charge is 2.28. The number of carbonyl (C=O) groups excluding carboxylic acids is 2. The molecule has 0 aromatic heterocycles. The second-order valence-electron chi connectivity index (χ2n) is 5.92. The van der Waals surface area contributed by atoms with Crippen LogP contribution >= 0.6 is 0 Å². The van der Waals surface area contributed by atoms with Gasteiger partial charge in [-0.25, -0.2) is 5.01 Å². The number of rotatable bonds is 3. The Morgan fingerprint density at radius 1 is 1.14 bits per heavy atom. The van der Waals surface area contributed by atoms with Crippen molar-refractivity contribution in [1.29, 1.82) is 0 Å². The highest BCUT2D eigenvalue weighted by molar-refractivity contribution is 5.95. The first-order valence-corrected chi connectivity index (χ1v) is 7.51. The minimum atomic E-state index is -0.516. The number of amides is 2. The molecule has 1 N–H and O–H groups in total. The molecule has 0 fully saturated rings. The number of nitrogens with one attached hydrogen (secondary N) is 1. The van der Waals surface area contributed by atoms with Gasteiger partial charge in [-0.3, -0.25) is 15.0 Å². The van der Waals surface area contributed by atoms with E-state index in [0.29, 0.717) is 12.0 Å². The van der Waals surface area contributed by atoms with Crippen LogP contribution in [-0.4, -0.2) is 22.4 Å². The summed E-state index contributed by atoms with van der Waals surface area (Å²) in [6.07, 6.45) is 1.56. The molecule has 0 aliphatic carbocycles. The zero-order valence-corrected chi connectivity index (χ0v) is 13.8. The number of benzene rings is 1. The molecule has 0 bridgehead atoms. The summed E-state index contributed by atoms with van der Waals surface area (Å²) in [5, 5.41) is 1.39. The molecule has 0 spiro atoms. The minimum Gasteiger partial charge on any atom is -0.273 e. The summed E-state index contributed by atoms with van der Waals surface area (Å²) in [6, 6.07) is 8.93. The molecule has 0 aliphatic heterocycles. The summed E-state index contributed by atoms with van der Waals surface area (Å²) in [5.74, 6) is 5.42. The molecule has 118 valence electrons. The first kappa shape index (κ1) is 17.8. The van der Waals surface area contributed by atoms with E-state index in [2.05, 4.69) is 17.3 Å². The van der Waals surface area contributed by atoms with Crippen molar-refractivity contribution in [2.45, 2.75) is 52.5 Å². The highest BCUT2D eigenvalue weighted by Crippen LogP contribution is 2.15. The molecule has 0 aliphatic rings. The maximum absolute atomic E-state index is 12.6. The van der Waals surface area contributed by atoms with Crippen LogP contribution in [-0.2, 0) is 4.79 Å². The molecule has 0 saturated heterocycles. The summed E-state index contributed by atoms with van der Waals surface area (Å²) in [6.45, 7) is 7.61. The lowest BCUT2D eigenvalue weighted by Crippen LogP contribution is -2.55. The van der Waals surface area contributed by atoms with Crippen LogP contribution in [0.2, 0.25) is 0 Å². The van der Waals surface area contributed by atoms with E-state index >= 15 is 0 Å². The molecule has 0 unspecified atom stereocenters. The van der Waals surface area contributed by atoms with Crippen LogP contribution in [0.15, 0.2) is 30.3 Å². The molecule has 0 saturated carbocycles. The monoisotopic (exact) mass is 300 g/mol. The van der Waals surface area contributed by atoms with Gasteiger partial charge in [0, 0.05) is 24.8 Å². The van der Waals surface area contributed by atoms with E-state index in [1.165, 1.54) is 5.01 Å². The lowest BCUT2D eigenvalue weighted by Gasteiger charge is -2.35. The van der Waals surface area contributed by atoms with Gasteiger partial charge in [0.05, 0.1) is 5.54 Å². The van der Waals surface area contributed by atoms with Gasteiger partial charge in [0.1, 0.15) is 0 Å². The summed E-state index contributed by atoms with van der Waals surface area (Å²) >= 11 is 0. The Labute approximate surface area is 132 Å². The summed E-state index contributed by atoms with van der Waals surface area (Å²) < 4.78 is 0. The van der Waals surface area contributed by atoms with Crippen molar-refractivity contribution >= 4 is 11.8 Å². The Kier molecular flexibility index (Phi) is 6.65. The Morgan fingerprint density at radius 2 is 1.77 bits per heavy atom. The first-order valence-electron chi connectivity index (χ1n) is 7.51. The van der Waals surface area contributed by atoms with Crippen molar-refractivity contribution in [1.82, 2.24) is 10.4 Å². The third kappa shape index (κ3) is 5.61. The molecule has 0 heterocycles.